The van der Waals surface area contributed by atoms with Crippen molar-refractivity contribution in [3.8, 4) is 16.9 Å². The van der Waals surface area contributed by atoms with Crippen LogP contribution in [0.1, 0.15) is 72.1 Å². The van der Waals surface area contributed by atoms with Gasteiger partial charge in [-0.1, -0.05) is 24.3 Å². The molecule has 3 aliphatic rings. The number of piperidine rings is 1. The van der Waals surface area contributed by atoms with Crippen molar-refractivity contribution in [3.05, 3.63) is 48.5 Å². The molecule has 44 heavy (non-hydrogen) atoms. The number of ether oxygens (including phenoxy) is 3. The predicted octanol–water partition coefficient (Wildman–Crippen LogP) is 5.65. The molecule has 240 valence electrons. The molecule has 2 aliphatic heterocycles. The summed E-state index contributed by atoms with van der Waals surface area (Å²) in [4.78, 5) is 34.0. The van der Waals surface area contributed by atoms with Gasteiger partial charge >= 0.3 is 6.09 Å². The summed E-state index contributed by atoms with van der Waals surface area (Å²) in [6, 6.07) is 14.2. The van der Waals surface area contributed by atoms with Gasteiger partial charge < -0.3 is 19.1 Å². The van der Waals surface area contributed by atoms with Gasteiger partial charge in [0.15, 0.2) is 20.9 Å². The van der Waals surface area contributed by atoms with E-state index in [1.54, 1.807) is 36.3 Å². The molecule has 2 heterocycles. The first-order valence-corrected chi connectivity index (χ1v) is 16.9. The highest BCUT2D eigenvalue weighted by Gasteiger charge is 2.61. The lowest BCUT2D eigenvalue weighted by atomic mass is 9.76. The number of benzene rings is 2. The second-order valence-corrected chi connectivity index (χ2v) is 15.5. The highest BCUT2D eigenvalue weighted by atomic mass is 32.2. The van der Waals surface area contributed by atoms with E-state index in [0.29, 0.717) is 45.4 Å². The molecule has 11 heteroatoms. The van der Waals surface area contributed by atoms with E-state index in [4.69, 9.17) is 19.0 Å². The lowest BCUT2D eigenvalue weighted by Crippen LogP contribution is -2.53. The molecule has 2 aromatic rings. The summed E-state index contributed by atoms with van der Waals surface area (Å²) < 4.78 is 43.6. The number of carbonyl (C=O) groups excluding carboxylic acids is 2. The van der Waals surface area contributed by atoms with Crippen LogP contribution in [0.2, 0.25) is 0 Å². The van der Waals surface area contributed by atoms with Gasteiger partial charge in [-0.15, -0.1) is 0 Å². The smallest absolute Gasteiger partial charge is 0.410 e. The molecule has 0 radical (unpaired) electrons. The zero-order valence-electron chi connectivity index (χ0n) is 26.1. The molecule has 3 fully saturated rings. The van der Waals surface area contributed by atoms with Crippen LogP contribution in [0.25, 0.3) is 11.1 Å². The molecule has 0 aromatic heterocycles. The van der Waals surface area contributed by atoms with E-state index in [0.717, 1.165) is 29.7 Å². The van der Waals surface area contributed by atoms with Crippen molar-refractivity contribution >= 4 is 21.8 Å². The number of carbonyl (C=O) groups is 2. The van der Waals surface area contributed by atoms with Crippen LogP contribution in [-0.4, -0.2) is 68.8 Å². The monoisotopic (exact) mass is 628 g/mol. The fourth-order valence-corrected chi connectivity index (χ4v) is 8.66. The zero-order valence-corrected chi connectivity index (χ0v) is 26.9. The topological polar surface area (TPSA) is 120 Å². The maximum absolute atomic E-state index is 14.5. The first-order chi connectivity index (χ1) is 20.9. The first kappa shape index (κ1) is 32.2. The number of methoxy groups -OCH3 is 1. The molecule has 0 bridgehead atoms. The lowest BCUT2D eigenvalue weighted by Gasteiger charge is -2.40. The van der Waals surface area contributed by atoms with Crippen LogP contribution < -0.4 is 10.2 Å². The number of rotatable bonds is 7. The maximum Gasteiger partial charge on any atom is 0.410 e. The van der Waals surface area contributed by atoms with Gasteiger partial charge in [0.05, 0.1) is 12.0 Å². The Balaban J connectivity index is 1.39. The molecular weight excluding hydrogens is 584 g/mol. The van der Waals surface area contributed by atoms with Crippen LogP contribution in [0, 0.1) is 5.41 Å². The van der Waals surface area contributed by atoms with Crippen molar-refractivity contribution in [2.45, 2.75) is 93.7 Å². The average molecular weight is 629 g/mol. The number of likely N-dealkylation sites (tertiary alicyclic amines) is 1. The number of nitrogens with zero attached hydrogens (tertiary/aromatic N) is 1. The van der Waals surface area contributed by atoms with Crippen molar-refractivity contribution in [1.29, 1.82) is 0 Å². The summed E-state index contributed by atoms with van der Waals surface area (Å²) in [7, 11) is -2.55. The summed E-state index contributed by atoms with van der Waals surface area (Å²) in [6.45, 7) is 6.90. The molecule has 2 amide bonds. The van der Waals surface area contributed by atoms with E-state index >= 15 is 0 Å². The third kappa shape index (κ3) is 6.74. The van der Waals surface area contributed by atoms with E-state index in [2.05, 4.69) is 5.48 Å². The third-order valence-electron chi connectivity index (χ3n) is 9.13. The third-order valence-corrected chi connectivity index (χ3v) is 11.6. The van der Waals surface area contributed by atoms with Gasteiger partial charge in [0, 0.05) is 26.1 Å². The van der Waals surface area contributed by atoms with Crippen LogP contribution in [0.15, 0.2) is 53.4 Å². The van der Waals surface area contributed by atoms with E-state index in [9.17, 15) is 18.0 Å². The molecule has 1 saturated carbocycles. The van der Waals surface area contributed by atoms with Crippen LogP contribution in [-0.2, 0) is 28.9 Å². The van der Waals surface area contributed by atoms with E-state index in [1.165, 1.54) is 0 Å². The molecule has 1 N–H and O–H groups in total. The SMILES string of the molecule is COc1ccc(-c2ccc(S(=O)(=O)C3(C(=O)NOC4CCCCO4)CCC4(CCN(C(=O)OC(C)(C)C)CC4)C3)cc2)cc1. The molecule has 10 nitrogen and oxygen atoms in total. The largest absolute Gasteiger partial charge is 0.497 e. The standard InChI is InChI=1S/C33H44N2O8S/c1-31(2,3)42-30(37)35-20-18-32(19-21-35)16-17-33(23-32,29(36)34-43-28-7-5-6-22-41-28)44(38,39)27-14-10-25(11-15-27)24-8-12-26(40-4)13-9-24/h8-15,28H,5-7,16-23H2,1-4H3,(H,34,36). The summed E-state index contributed by atoms with van der Waals surface area (Å²) >= 11 is 0. The second kappa shape index (κ2) is 12.7. The number of sulfone groups is 1. The molecule has 2 atom stereocenters. The van der Waals surface area contributed by atoms with Crippen molar-refractivity contribution in [2.24, 2.45) is 5.41 Å². The quantitative estimate of drug-likeness (QED) is 0.391. The van der Waals surface area contributed by atoms with Gasteiger partial charge in [-0.05, 0) is 107 Å². The second-order valence-electron chi connectivity index (χ2n) is 13.2. The number of nitrogens with one attached hydrogen (secondary N) is 1. The van der Waals surface area contributed by atoms with Gasteiger partial charge in [-0.3, -0.25) is 4.79 Å². The molecule has 1 aliphatic carbocycles. The molecular formula is C33H44N2O8S. The fourth-order valence-electron chi connectivity index (χ4n) is 6.56. The Bertz CT molecular complexity index is 1420. The summed E-state index contributed by atoms with van der Waals surface area (Å²) in [6.07, 6.45) is 3.48. The number of amides is 2. The van der Waals surface area contributed by atoms with Gasteiger partial charge in [0.2, 0.25) is 0 Å². The molecule has 5 rings (SSSR count). The van der Waals surface area contributed by atoms with E-state index in [-0.39, 0.29) is 23.8 Å². The van der Waals surface area contributed by atoms with Gasteiger partial charge in [-0.25, -0.2) is 23.5 Å². The van der Waals surface area contributed by atoms with Crippen molar-refractivity contribution in [2.75, 3.05) is 26.8 Å². The van der Waals surface area contributed by atoms with Crippen molar-refractivity contribution in [1.82, 2.24) is 10.4 Å². The van der Waals surface area contributed by atoms with Gasteiger partial charge in [0.25, 0.3) is 5.91 Å². The van der Waals surface area contributed by atoms with Crippen LogP contribution in [0.5, 0.6) is 5.75 Å². The lowest BCUT2D eigenvalue weighted by molar-refractivity contribution is -0.201. The fraction of sp³-hybridized carbons (Fsp3) is 0.576. The minimum Gasteiger partial charge on any atom is -0.497 e. The van der Waals surface area contributed by atoms with Crippen molar-refractivity contribution in [3.63, 3.8) is 0 Å². The van der Waals surface area contributed by atoms with Crippen LogP contribution in [0.3, 0.4) is 0 Å². The Labute approximate surface area is 260 Å². The molecule has 1 spiro atoms. The first-order valence-electron chi connectivity index (χ1n) is 15.4. The minimum atomic E-state index is -4.15. The Morgan fingerprint density at radius 2 is 1.57 bits per heavy atom. The number of hydroxylamine groups is 1. The summed E-state index contributed by atoms with van der Waals surface area (Å²) in [5.74, 6) is 0.0613. The minimum absolute atomic E-state index is 0.0852. The zero-order chi connectivity index (χ0) is 31.6. The summed E-state index contributed by atoms with van der Waals surface area (Å²) in [5, 5.41) is 0. The molecule has 2 saturated heterocycles. The Hall–Kier alpha value is -3.15. The molecule has 2 unspecified atom stereocenters. The average Bonchev–Trinajstić information content (AvgIpc) is 3.40. The van der Waals surface area contributed by atoms with Gasteiger partial charge in [0.1, 0.15) is 11.4 Å². The highest BCUT2D eigenvalue weighted by Crippen LogP contribution is 2.55. The predicted molar refractivity (Wildman–Crippen MR) is 164 cm³/mol. The Morgan fingerprint density at radius 1 is 0.932 bits per heavy atom. The normalized spacial score (nSPS) is 23.7. The highest BCUT2D eigenvalue weighted by molar-refractivity contribution is 7.93. The Morgan fingerprint density at radius 3 is 2.14 bits per heavy atom. The van der Waals surface area contributed by atoms with Crippen molar-refractivity contribution < 1.29 is 37.1 Å². The molecule has 2 aromatic carbocycles. The van der Waals surface area contributed by atoms with Crippen LogP contribution in [0.4, 0.5) is 4.79 Å². The Kier molecular flexibility index (Phi) is 9.30. The number of hydrogen-bond acceptors (Lipinski definition) is 8. The van der Waals surface area contributed by atoms with E-state index in [1.807, 2.05) is 45.0 Å². The maximum atomic E-state index is 14.5. The van der Waals surface area contributed by atoms with Crippen LogP contribution >= 0.6 is 0 Å². The van der Waals surface area contributed by atoms with Gasteiger partial charge in [-0.2, -0.15) is 0 Å². The summed E-state index contributed by atoms with van der Waals surface area (Å²) in [5.41, 5.74) is 3.24. The number of hydrogen-bond donors (Lipinski definition) is 1. The van der Waals surface area contributed by atoms with E-state index < -0.39 is 37.8 Å².